The van der Waals surface area contributed by atoms with Crippen molar-refractivity contribution >= 4 is 38.9 Å². The highest BCUT2D eigenvalue weighted by molar-refractivity contribution is 6.09. The van der Waals surface area contributed by atoms with E-state index in [1.54, 1.807) is 14.2 Å². The molecule has 1 heterocycles. The second-order valence-corrected chi connectivity index (χ2v) is 11.2. The van der Waals surface area contributed by atoms with E-state index in [2.05, 4.69) is 133 Å². The Hall–Kier alpha value is -5.48. The SMILES string of the molecule is COc1ccc(N(c2ccc(OC)cc2)c2ccc(-c3ccc(-n4c5ccc(C)cc5c5cc(C)ccc54)cc3)cc2)cc1. The monoisotopic (exact) mass is 574 g/mol. The fourth-order valence-electron chi connectivity index (χ4n) is 6.04. The molecule has 4 heteroatoms. The third-order valence-corrected chi connectivity index (χ3v) is 8.32. The minimum Gasteiger partial charge on any atom is -0.497 e. The van der Waals surface area contributed by atoms with E-state index in [4.69, 9.17) is 9.47 Å². The van der Waals surface area contributed by atoms with Crippen molar-refractivity contribution in [3.05, 3.63) is 145 Å². The molecule has 7 aromatic rings. The molecule has 0 bridgehead atoms. The van der Waals surface area contributed by atoms with E-state index in [0.29, 0.717) is 0 Å². The predicted molar refractivity (Wildman–Crippen MR) is 183 cm³/mol. The molecule has 0 fully saturated rings. The molecule has 0 saturated carbocycles. The molecular formula is C40H34N2O2. The Kier molecular flexibility index (Phi) is 7.03. The van der Waals surface area contributed by atoms with Gasteiger partial charge in [0.05, 0.1) is 25.3 Å². The fraction of sp³-hybridized carbons (Fsp3) is 0.100. The Labute approximate surface area is 258 Å². The maximum atomic E-state index is 5.40. The van der Waals surface area contributed by atoms with Crippen LogP contribution in [-0.4, -0.2) is 18.8 Å². The van der Waals surface area contributed by atoms with Crippen molar-refractivity contribution in [1.29, 1.82) is 0 Å². The van der Waals surface area contributed by atoms with Crippen LogP contribution < -0.4 is 14.4 Å². The molecule has 216 valence electrons. The van der Waals surface area contributed by atoms with Crippen LogP contribution in [0.1, 0.15) is 11.1 Å². The second kappa shape index (κ2) is 11.3. The Morgan fingerprint density at radius 2 is 0.841 bits per heavy atom. The van der Waals surface area contributed by atoms with Crippen LogP contribution in [0.15, 0.2) is 133 Å². The third kappa shape index (κ3) is 4.95. The summed E-state index contributed by atoms with van der Waals surface area (Å²) < 4.78 is 13.2. The standard InChI is InChI=1S/C40H34N2O2/c1-27-5-23-39-37(25-27)38-26-28(2)6-24-40(38)42(39)34-13-9-30(10-14-34)29-7-11-31(12-8-29)41(32-15-19-35(43-3)20-16-32)33-17-21-36(44-4)22-18-33/h5-26H,1-4H3. The van der Waals surface area contributed by atoms with Gasteiger partial charge in [-0.1, -0.05) is 47.5 Å². The van der Waals surface area contributed by atoms with Crippen molar-refractivity contribution < 1.29 is 9.47 Å². The normalized spacial score (nSPS) is 11.2. The molecule has 0 unspecified atom stereocenters. The number of hydrogen-bond acceptors (Lipinski definition) is 3. The number of fused-ring (bicyclic) bond motifs is 3. The summed E-state index contributed by atoms with van der Waals surface area (Å²) in [4.78, 5) is 2.23. The lowest BCUT2D eigenvalue weighted by Crippen LogP contribution is -2.09. The van der Waals surface area contributed by atoms with Crippen molar-refractivity contribution in [1.82, 2.24) is 4.57 Å². The Morgan fingerprint density at radius 3 is 1.25 bits per heavy atom. The molecule has 44 heavy (non-hydrogen) atoms. The Balaban J connectivity index is 1.23. The molecule has 0 amide bonds. The molecule has 0 radical (unpaired) electrons. The van der Waals surface area contributed by atoms with Crippen LogP contribution in [0.4, 0.5) is 17.1 Å². The summed E-state index contributed by atoms with van der Waals surface area (Å²) in [5.41, 5.74) is 11.7. The maximum absolute atomic E-state index is 5.40. The van der Waals surface area contributed by atoms with Crippen LogP contribution >= 0.6 is 0 Å². The van der Waals surface area contributed by atoms with Gasteiger partial charge in [0, 0.05) is 33.5 Å². The number of benzene rings is 6. The molecule has 0 aliphatic rings. The van der Waals surface area contributed by atoms with E-state index in [-0.39, 0.29) is 0 Å². The summed E-state index contributed by atoms with van der Waals surface area (Å²) in [5.74, 6) is 1.65. The first-order chi connectivity index (χ1) is 21.5. The van der Waals surface area contributed by atoms with Gasteiger partial charge >= 0.3 is 0 Å². The number of aromatic nitrogens is 1. The largest absolute Gasteiger partial charge is 0.497 e. The molecule has 0 aliphatic heterocycles. The first-order valence-electron chi connectivity index (χ1n) is 14.8. The van der Waals surface area contributed by atoms with Crippen LogP contribution in [0.5, 0.6) is 11.5 Å². The third-order valence-electron chi connectivity index (χ3n) is 8.32. The minimum absolute atomic E-state index is 0.827. The van der Waals surface area contributed by atoms with Gasteiger partial charge < -0.3 is 18.9 Å². The van der Waals surface area contributed by atoms with Crippen molar-refractivity contribution in [3.63, 3.8) is 0 Å². The fourth-order valence-corrected chi connectivity index (χ4v) is 6.04. The van der Waals surface area contributed by atoms with Crippen molar-refractivity contribution in [3.8, 4) is 28.3 Å². The first-order valence-corrected chi connectivity index (χ1v) is 14.8. The zero-order valence-electron chi connectivity index (χ0n) is 25.4. The summed E-state index contributed by atoms with van der Waals surface area (Å²) in [6, 6.07) is 47.3. The average molecular weight is 575 g/mol. The lowest BCUT2D eigenvalue weighted by molar-refractivity contribution is 0.415. The van der Waals surface area contributed by atoms with Crippen LogP contribution in [0.25, 0.3) is 38.6 Å². The highest BCUT2D eigenvalue weighted by Gasteiger charge is 2.15. The number of methoxy groups -OCH3 is 2. The zero-order valence-corrected chi connectivity index (χ0v) is 25.4. The summed E-state index contributed by atoms with van der Waals surface area (Å²) in [7, 11) is 3.37. The van der Waals surface area contributed by atoms with Gasteiger partial charge in [-0.25, -0.2) is 0 Å². The molecule has 0 saturated heterocycles. The summed E-state index contributed by atoms with van der Waals surface area (Å²) >= 11 is 0. The molecule has 1 aromatic heterocycles. The van der Waals surface area contributed by atoms with Gasteiger partial charge in [-0.3, -0.25) is 0 Å². The highest BCUT2D eigenvalue weighted by Crippen LogP contribution is 2.38. The Bertz CT molecular complexity index is 1970. The lowest BCUT2D eigenvalue weighted by Gasteiger charge is -2.26. The summed E-state index contributed by atoms with van der Waals surface area (Å²) in [6.07, 6.45) is 0. The van der Waals surface area contributed by atoms with Crippen LogP contribution in [0.3, 0.4) is 0 Å². The quantitative estimate of drug-likeness (QED) is 0.189. The number of aryl methyl sites for hydroxylation is 2. The molecule has 0 atom stereocenters. The van der Waals surface area contributed by atoms with Gasteiger partial charge in [-0.15, -0.1) is 0 Å². The molecule has 4 nitrogen and oxygen atoms in total. The van der Waals surface area contributed by atoms with Crippen LogP contribution in [0.2, 0.25) is 0 Å². The number of anilines is 3. The van der Waals surface area contributed by atoms with Crippen LogP contribution in [0, 0.1) is 13.8 Å². The van der Waals surface area contributed by atoms with Gasteiger partial charge in [-0.2, -0.15) is 0 Å². The van der Waals surface area contributed by atoms with E-state index in [0.717, 1.165) is 39.8 Å². The number of hydrogen-bond donors (Lipinski definition) is 0. The first kappa shape index (κ1) is 27.4. The number of nitrogens with zero attached hydrogens (tertiary/aromatic N) is 2. The highest BCUT2D eigenvalue weighted by atomic mass is 16.5. The number of rotatable bonds is 7. The van der Waals surface area contributed by atoms with Crippen molar-refractivity contribution in [2.24, 2.45) is 0 Å². The molecular weight excluding hydrogens is 540 g/mol. The maximum Gasteiger partial charge on any atom is 0.119 e. The van der Waals surface area contributed by atoms with E-state index in [1.165, 1.54) is 38.5 Å². The van der Waals surface area contributed by atoms with Gasteiger partial charge in [0.15, 0.2) is 0 Å². The van der Waals surface area contributed by atoms with E-state index >= 15 is 0 Å². The smallest absolute Gasteiger partial charge is 0.119 e. The van der Waals surface area contributed by atoms with Gasteiger partial charge in [-0.05, 0) is 122 Å². The van der Waals surface area contributed by atoms with Crippen LogP contribution in [-0.2, 0) is 0 Å². The lowest BCUT2D eigenvalue weighted by atomic mass is 10.0. The van der Waals surface area contributed by atoms with Crippen molar-refractivity contribution in [2.45, 2.75) is 13.8 Å². The van der Waals surface area contributed by atoms with Gasteiger partial charge in [0.2, 0.25) is 0 Å². The summed E-state index contributed by atoms with van der Waals surface area (Å²) in [5, 5.41) is 2.59. The summed E-state index contributed by atoms with van der Waals surface area (Å²) in [6.45, 7) is 4.32. The molecule has 6 aromatic carbocycles. The van der Waals surface area contributed by atoms with Gasteiger partial charge in [0.1, 0.15) is 11.5 Å². The van der Waals surface area contributed by atoms with Crippen molar-refractivity contribution in [2.75, 3.05) is 19.1 Å². The van der Waals surface area contributed by atoms with Gasteiger partial charge in [0.25, 0.3) is 0 Å². The topological polar surface area (TPSA) is 26.6 Å². The average Bonchev–Trinajstić information content (AvgIpc) is 3.38. The zero-order chi connectivity index (χ0) is 30.2. The second-order valence-electron chi connectivity index (χ2n) is 11.2. The van der Waals surface area contributed by atoms with E-state index in [9.17, 15) is 0 Å². The number of ether oxygens (including phenoxy) is 2. The predicted octanol–water partition coefficient (Wildman–Crippen LogP) is 10.6. The molecule has 0 N–H and O–H groups in total. The molecule has 0 spiro atoms. The van der Waals surface area contributed by atoms with E-state index in [1.807, 2.05) is 24.3 Å². The minimum atomic E-state index is 0.827. The Morgan fingerprint density at radius 1 is 0.455 bits per heavy atom. The molecule has 7 rings (SSSR count). The molecule has 0 aliphatic carbocycles. The van der Waals surface area contributed by atoms with E-state index < -0.39 is 0 Å².